The fourth-order valence-electron chi connectivity index (χ4n) is 1.33. The lowest BCUT2D eigenvalue weighted by Gasteiger charge is -2.13. The summed E-state index contributed by atoms with van der Waals surface area (Å²) in [6.45, 7) is 5.33. The average Bonchev–Trinajstić information content (AvgIpc) is 2.51. The third-order valence-corrected chi connectivity index (χ3v) is 1.93. The molecule has 2 N–H and O–H groups in total. The number of ether oxygens (including phenoxy) is 1. The van der Waals surface area contributed by atoms with Gasteiger partial charge < -0.3 is 15.4 Å². The highest BCUT2D eigenvalue weighted by molar-refractivity contribution is 5.74. The third-order valence-electron chi connectivity index (χ3n) is 1.93. The van der Waals surface area contributed by atoms with Crippen molar-refractivity contribution in [3.63, 3.8) is 0 Å². The van der Waals surface area contributed by atoms with E-state index in [4.69, 9.17) is 4.74 Å². The zero-order chi connectivity index (χ0) is 9.68. The van der Waals surface area contributed by atoms with Gasteiger partial charge in [-0.25, -0.2) is 4.79 Å². The van der Waals surface area contributed by atoms with Crippen molar-refractivity contribution in [1.82, 2.24) is 10.6 Å². The lowest BCUT2D eigenvalue weighted by molar-refractivity contribution is 0.111. The lowest BCUT2D eigenvalue weighted by Crippen LogP contribution is -2.42. The second kappa shape index (κ2) is 5.07. The zero-order valence-corrected chi connectivity index (χ0v) is 8.30. The molecule has 0 aliphatic carbocycles. The van der Waals surface area contributed by atoms with E-state index in [-0.39, 0.29) is 18.2 Å². The zero-order valence-electron chi connectivity index (χ0n) is 8.30. The van der Waals surface area contributed by atoms with Gasteiger partial charge in [0, 0.05) is 19.2 Å². The highest BCUT2D eigenvalue weighted by Gasteiger charge is 2.15. The molecule has 1 unspecified atom stereocenters. The van der Waals surface area contributed by atoms with Crippen LogP contribution in [0.25, 0.3) is 0 Å². The molecule has 0 spiro atoms. The standard InChI is InChI=1S/C9H18N2O2/c1-7(2)11-9(12)10-6-8-4-3-5-13-8/h7-8H,3-6H2,1-2H3,(H2,10,11,12). The minimum Gasteiger partial charge on any atom is -0.376 e. The first kappa shape index (κ1) is 10.3. The van der Waals surface area contributed by atoms with E-state index in [1.54, 1.807) is 0 Å². The number of nitrogens with one attached hydrogen (secondary N) is 2. The monoisotopic (exact) mass is 186 g/mol. The van der Waals surface area contributed by atoms with Gasteiger partial charge in [0.25, 0.3) is 0 Å². The Balaban J connectivity index is 2.07. The van der Waals surface area contributed by atoms with Crippen LogP contribution in [0.5, 0.6) is 0 Å². The first-order valence-electron chi connectivity index (χ1n) is 4.84. The predicted octanol–water partition coefficient (Wildman–Crippen LogP) is 0.873. The molecule has 1 aliphatic heterocycles. The summed E-state index contributed by atoms with van der Waals surface area (Å²) < 4.78 is 5.37. The van der Waals surface area contributed by atoms with Gasteiger partial charge in [0.1, 0.15) is 0 Å². The Kier molecular flexibility index (Phi) is 4.02. The Morgan fingerprint density at radius 1 is 1.62 bits per heavy atom. The summed E-state index contributed by atoms with van der Waals surface area (Å²) >= 11 is 0. The molecule has 0 aromatic heterocycles. The second-order valence-electron chi connectivity index (χ2n) is 3.64. The topological polar surface area (TPSA) is 50.4 Å². The number of amides is 2. The van der Waals surface area contributed by atoms with Crippen LogP contribution in [0.3, 0.4) is 0 Å². The van der Waals surface area contributed by atoms with Crippen molar-refractivity contribution < 1.29 is 9.53 Å². The fraction of sp³-hybridized carbons (Fsp3) is 0.889. The van der Waals surface area contributed by atoms with Crippen molar-refractivity contribution in [2.45, 2.75) is 38.8 Å². The van der Waals surface area contributed by atoms with Gasteiger partial charge in [0.05, 0.1) is 6.10 Å². The van der Waals surface area contributed by atoms with Crippen LogP contribution in [0.1, 0.15) is 26.7 Å². The van der Waals surface area contributed by atoms with E-state index < -0.39 is 0 Å². The van der Waals surface area contributed by atoms with E-state index in [1.807, 2.05) is 13.8 Å². The molecule has 0 bridgehead atoms. The van der Waals surface area contributed by atoms with Gasteiger partial charge in [-0.15, -0.1) is 0 Å². The Bertz CT molecular complexity index is 165. The molecule has 1 atom stereocenters. The molecule has 1 aliphatic rings. The minimum atomic E-state index is -0.106. The van der Waals surface area contributed by atoms with Gasteiger partial charge in [0.2, 0.25) is 0 Å². The summed E-state index contributed by atoms with van der Waals surface area (Å²) in [6.07, 6.45) is 2.39. The molecule has 1 fully saturated rings. The quantitative estimate of drug-likeness (QED) is 0.687. The maximum absolute atomic E-state index is 11.1. The minimum absolute atomic E-state index is 0.106. The molecule has 0 saturated carbocycles. The molecular formula is C9H18N2O2. The highest BCUT2D eigenvalue weighted by atomic mass is 16.5. The van der Waals surface area contributed by atoms with Crippen molar-refractivity contribution in [2.24, 2.45) is 0 Å². The van der Waals surface area contributed by atoms with Crippen molar-refractivity contribution in [3.05, 3.63) is 0 Å². The number of hydrogen-bond acceptors (Lipinski definition) is 2. The van der Waals surface area contributed by atoms with Gasteiger partial charge in [-0.1, -0.05) is 0 Å². The number of carbonyl (C=O) groups excluding carboxylic acids is 1. The number of carbonyl (C=O) groups is 1. The Morgan fingerprint density at radius 3 is 2.92 bits per heavy atom. The van der Waals surface area contributed by atoms with E-state index >= 15 is 0 Å². The van der Waals surface area contributed by atoms with E-state index in [9.17, 15) is 4.79 Å². The molecule has 1 saturated heterocycles. The molecule has 0 radical (unpaired) electrons. The number of urea groups is 1. The molecular weight excluding hydrogens is 168 g/mol. The van der Waals surface area contributed by atoms with Gasteiger partial charge in [-0.2, -0.15) is 0 Å². The lowest BCUT2D eigenvalue weighted by atomic mass is 10.2. The van der Waals surface area contributed by atoms with Crippen LogP contribution in [0.15, 0.2) is 0 Å². The smallest absolute Gasteiger partial charge is 0.315 e. The van der Waals surface area contributed by atoms with Crippen molar-refractivity contribution in [3.8, 4) is 0 Å². The molecule has 76 valence electrons. The maximum atomic E-state index is 11.1. The summed E-state index contributed by atoms with van der Waals surface area (Å²) in [4.78, 5) is 11.1. The predicted molar refractivity (Wildman–Crippen MR) is 50.6 cm³/mol. The van der Waals surface area contributed by atoms with E-state index in [2.05, 4.69) is 10.6 Å². The third kappa shape index (κ3) is 4.12. The van der Waals surface area contributed by atoms with Crippen LogP contribution in [0.2, 0.25) is 0 Å². The van der Waals surface area contributed by atoms with Crippen LogP contribution in [-0.2, 0) is 4.74 Å². The Morgan fingerprint density at radius 2 is 2.38 bits per heavy atom. The van der Waals surface area contributed by atoms with Gasteiger partial charge >= 0.3 is 6.03 Å². The van der Waals surface area contributed by atoms with Crippen molar-refractivity contribution in [2.75, 3.05) is 13.2 Å². The van der Waals surface area contributed by atoms with Gasteiger partial charge in [-0.05, 0) is 26.7 Å². The summed E-state index contributed by atoms with van der Waals surface area (Å²) in [5.41, 5.74) is 0. The first-order valence-corrected chi connectivity index (χ1v) is 4.84. The molecule has 1 heterocycles. The fourth-order valence-corrected chi connectivity index (χ4v) is 1.33. The molecule has 0 aromatic rings. The maximum Gasteiger partial charge on any atom is 0.315 e. The molecule has 2 amide bonds. The van der Waals surface area contributed by atoms with Gasteiger partial charge in [-0.3, -0.25) is 0 Å². The highest BCUT2D eigenvalue weighted by Crippen LogP contribution is 2.10. The summed E-state index contributed by atoms with van der Waals surface area (Å²) in [5.74, 6) is 0. The number of rotatable bonds is 3. The molecule has 13 heavy (non-hydrogen) atoms. The molecule has 0 aromatic carbocycles. The average molecular weight is 186 g/mol. The molecule has 4 heteroatoms. The van der Waals surface area contributed by atoms with E-state index in [0.29, 0.717) is 6.54 Å². The van der Waals surface area contributed by atoms with E-state index in [0.717, 1.165) is 19.4 Å². The van der Waals surface area contributed by atoms with Crippen molar-refractivity contribution in [1.29, 1.82) is 0 Å². The van der Waals surface area contributed by atoms with Crippen LogP contribution < -0.4 is 10.6 Å². The largest absolute Gasteiger partial charge is 0.376 e. The molecule has 1 rings (SSSR count). The first-order chi connectivity index (χ1) is 6.18. The SMILES string of the molecule is CC(C)NC(=O)NCC1CCCO1. The van der Waals surface area contributed by atoms with E-state index in [1.165, 1.54) is 0 Å². The number of hydrogen-bond donors (Lipinski definition) is 2. The Labute approximate surface area is 79.0 Å². The van der Waals surface area contributed by atoms with Crippen LogP contribution in [0.4, 0.5) is 4.79 Å². The van der Waals surface area contributed by atoms with Crippen LogP contribution in [0, 0.1) is 0 Å². The second-order valence-corrected chi connectivity index (χ2v) is 3.64. The Hall–Kier alpha value is -0.770. The van der Waals surface area contributed by atoms with Crippen LogP contribution >= 0.6 is 0 Å². The molecule has 4 nitrogen and oxygen atoms in total. The van der Waals surface area contributed by atoms with Crippen LogP contribution in [-0.4, -0.2) is 31.3 Å². The normalized spacial score (nSPS) is 21.9. The summed E-state index contributed by atoms with van der Waals surface area (Å²) in [7, 11) is 0. The summed E-state index contributed by atoms with van der Waals surface area (Å²) in [6, 6.07) is 0.0787. The summed E-state index contributed by atoms with van der Waals surface area (Å²) in [5, 5.41) is 5.54. The van der Waals surface area contributed by atoms with Gasteiger partial charge in [0.15, 0.2) is 0 Å². The van der Waals surface area contributed by atoms with Crippen molar-refractivity contribution >= 4 is 6.03 Å².